The molecule has 3 aromatic carbocycles. The van der Waals surface area contributed by atoms with Crippen molar-refractivity contribution < 1.29 is 26.7 Å². The van der Waals surface area contributed by atoms with Gasteiger partial charge in [0.15, 0.2) is 11.6 Å². The van der Waals surface area contributed by atoms with Crippen molar-refractivity contribution in [1.82, 2.24) is 0 Å². The van der Waals surface area contributed by atoms with Gasteiger partial charge in [0.2, 0.25) is 0 Å². The lowest BCUT2D eigenvalue weighted by Crippen LogP contribution is -2.17. The summed E-state index contributed by atoms with van der Waals surface area (Å²) in [7, 11) is 0. The van der Waals surface area contributed by atoms with Gasteiger partial charge < -0.3 is 4.74 Å². The molecule has 3 aromatic rings. The summed E-state index contributed by atoms with van der Waals surface area (Å²) in [5, 5.41) is 1.25. The molecular formula is C27H23F5O. The van der Waals surface area contributed by atoms with Crippen LogP contribution in [0.4, 0.5) is 22.0 Å². The summed E-state index contributed by atoms with van der Waals surface area (Å²) in [5.74, 6) is 3.95. The highest BCUT2D eigenvalue weighted by Gasteiger charge is 2.32. The van der Waals surface area contributed by atoms with Crippen molar-refractivity contribution in [1.29, 1.82) is 0 Å². The third kappa shape index (κ3) is 5.47. The molecule has 1 aliphatic rings. The lowest BCUT2D eigenvalue weighted by atomic mass is 9.77. The maximum absolute atomic E-state index is 15.1. The Balaban J connectivity index is 1.55. The summed E-state index contributed by atoms with van der Waals surface area (Å²) in [6, 6.07) is 12.0. The third-order valence-corrected chi connectivity index (χ3v) is 6.37. The van der Waals surface area contributed by atoms with Crippen LogP contribution in [0.3, 0.4) is 0 Å². The van der Waals surface area contributed by atoms with Crippen molar-refractivity contribution >= 4 is 10.8 Å². The Morgan fingerprint density at radius 1 is 0.909 bits per heavy atom. The molecule has 0 aliphatic heterocycles. The van der Waals surface area contributed by atoms with E-state index in [0.29, 0.717) is 11.3 Å². The smallest absolute Gasteiger partial charge is 0.403 e. The average Bonchev–Trinajstić information content (AvgIpc) is 2.79. The Morgan fingerprint density at radius 3 is 2.33 bits per heavy atom. The Hall–Kier alpha value is -3.07. The van der Waals surface area contributed by atoms with Gasteiger partial charge in [0.25, 0.3) is 0 Å². The molecule has 0 atom stereocenters. The second kappa shape index (κ2) is 9.43. The second-order valence-electron chi connectivity index (χ2n) is 8.48. The summed E-state index contributed by atoms with van der Waals surface area (Å²) in [4.78, 5) is 0. The standard InChI is InChI=1S/C27H23F5O/c1-2-17-3-7-19(8-4-17)21-12-13-23-22(16-21)11-10-20(26(23)29)9-5-18-6-14-25(24(28)15-18)33-27(30,31)32/h6,10-17,19H,2-4,7-8H2,1H3. The Morgan fingerprint density at radius 2 is 1.67 bits per heavy atom. The quantitative estimate of drug-likeness (QED) is 0.285. The van der Waals surface area contributed by atoms with E-state index in [1.807, 2.05) is 18.2 Å². The molecule has 1 fully saturated rings. The van der Waals surface area contributed by atoms with E-state index in [1.165, 1.54) is 30.9 Å². The molecule has 1 nitrogen and oxygen atoms in total. The summed E-state index contributed by atoms with van der Waals surface area (Å²) < 4.78 is 69.3. The fourth-order valence-corrected chi connectivity index (χ4v) is 4.49. The monoisotopic (exact) mass is 458 g/mol. The first-order chi connectivity index (χ1) is 15.7. The second-order valence-corrected chi connectivity index (χ2v) is 8.48. The lowest BCUT2D eigenvalue weighted by Gasteiger charge is -2.28. The first-order valence-electron chi connectivity index (χ1n) is 11.0. The van der Waals surface area contributed by atoms with E-state index < -0.39 is 23.7 Å². The molecule has 0 saturated heterocycles. The number of hydrogen-bond donors (Lipinski definition) is 0. The zero-order chi connectivity index (χ0) is 23.6. The summed E-state index contributed by atoms with van der Waals surface area (Å²) in [5.41, 5.74) is 1.47. The number of ether oxygens (including phenoxy) is 1. The fourth-order valence-electron chi connectivity index (χ4n) is 4.49. The molecule has 0 amide bonds. The number of benzene rings is 3. The Kier molecular flexibility index (Phi) is 6.60. The fraction of sp³-hybridized carbons (Fsp3) is 0.333. The van der Waals surface area contributed by atoms with Crippen LogP contribution < -0.4 is 4.74 Å². The first kappa shape index (κ1) is 23.1. The molecule has 0 unspecified atom stereocenters. The van der Waals surface area contributed by atoms with E-state index in [0.717, 1.165) is 36.3 Å². The zero-order valence-corrected chi connectivity index (χ0v) is 18.1. The minimum absolute atomic E-state index is 0.111. The van der Waals surface area contributed by atoms with E-state index in [9.17, 15) is 17.6 Å². The van der Waals surface area contributed by atoms with Crippen LogP contribution in [-0.2, 0) is 0 Å². The van der Waals surface area contributed by atoms with Crippen LogP contribution in [0.25, 0.3) is 10.8 Å². The van der Waals surface area contributed by atoms with Crippen LogP contribution >= 0.6 is 0 Å². The van der Waals surface area contributed by atoms with Crippen LogP contribution in [0.15, 0.2) is 48.5 Å². The van der Waals surface area contributed by atoms with Gasteiger partial charge in [-0.25, -0.2) is 8.78 Å². The van der Waals surface area contributed by atoms with Gasteiger partial charge in [-0.2, -0.15) is 0 Å². The normalized spacial score (nSPS) is 18.6. The molecular weight excluding hydrogens is 435 g/mol. The molecule has 172 valence electrons. The van der Waals surface area contributed by atoms with Gasteiger partial charge in [0.1, 0.15) is 5.82 Å². The van der Waals surface area contributed by atoms with Gasteiger partial charge in [0, 0.05) is 10.9 Å². The maximum Gasteiger partial charge on any atom is 0.573 e. The molecule has 33 heavy (non-hydrogen) atoms. The maximum atomic E-state index is 15.1. The van der Waals surface area contributed by atoms with Gasteiger partial charge in [-0.15, -0.1) is 13.2 Å². The number of halogens is 5. The zero-order valence-electron chi connectivity index (χ0n) is 18.1. The van der Waals surface area contributed by atoms with E-state index in [1.54, 1.807) is 12.1 Å². The van der Waals surface area contributed by atoms with Crippen molar-refractivity contribution in [2.75, 3.05) is 0 Å². The molecule has 0 radical (unpaired) electrons. The molecule has 4 rings (SSSR count). The van der Waals surface area contributed by atoms with Crippen LogP contribution in [0.5, 0.6) is 5.75 Å². The summed E-state index contributed by atoms with van der Waals surface area (Å²) in [6.45, 7) is 2.23. The number of rotatable bonds is 3. The van der Waals surface area contributed by atoms with Crippen LogP contribution in [-0.4, -0.2) is 6.36 Å². The van der Waals surface area contributed by atoms with Crippen molar-refractivity contribution in [2.24, 2.45) is 5.92 Å². The third-order valence-electron chi connectivity index (χ3n) is 6.37. The predicted molar refractivity (Wildman–Crippen MR) is 118 cm³/mol. The lowest BCUT2D eigenvalue weighted by molar-refractivity contribution is -0.275. The largest absolute Gasteiger partial charge is 0.573 e. The highest BCUT2D eigenvalue weighted by Crippen LogP contribution is 2.38. The molecule has 1 aliphatic carbocycles. The van der Waals surface area contributed by atoms with E-state index in [4.69, 9.17) is 0 Å². The van der Waals surface area contributed by atoms with Gasteiger partial charge >= 0.3 is 6.36 Å². The first-order valence-corrected chi connectivity index (χ1v) is 11.0. The van der Waals surface area contributed by atoms with Gasteiger partial charge in [-0.1, -0.05) is 49.5 Å². The highest BCUT2D eigenvalue weighted by atomic mass is 19.4. The molecule has 0 bridgehead atoms. The van der Waals surface area contributed by atoms with Gasteiger partial charge in [-0.05, 0) is 72.7 Å². The van der Waals surface area contributed by atoms with Gasteiger partial charge in [0.05, 0.1) is 5.56 Å². The van der Waals surface area contributed by atoms with Crippen molar-refractivity contribution in [3.8, 4) is 17.6 Å². The van der Waals surface area contributed by atoms with Crippen molar-refractivity contribution in [2.45, 2.75) is 51.3 Å². The van der Waals surface area contributed by atoms with Gasteiger partial charge in [-0.3, -0.25) is 0 Å². The predicted octanol–water partition coefficient (Wildman–Crippen LogP) is 8.10. The Bertz CT molecular complexity index is 1210. The van der Waals surface area contributed by atoms with E-state index in [2.05, 4.69) is 23.5 Å². The molecule has 0 aromatic heterocycles. The molecule has 6 heteroatoms. The average molecular weight is 458 g/mol. The molecule has 1 saturated carbocycles. The summed E-state index contributed by atoms with van der Waals surface area (Å²) in [6.07, 6.45) is 0.992. The number of alkyl halides is 3. The SMILES string of the molecule is CCC1CCC(c2ccc3c(F)c(C#Cc4ccc(OC(F)(F)F)c(F)c4)ccc3c2)CC1. The van der Waals surface area contributed by atoms with Crippen molar-refractivity contribution in [3.63, 3.8) is 0 Å². The topological polar surface area (TPSA) is 9.23 Å². The number of hydrogen-bond acceptors (Lipinski definition) is 1. The van der Waals surface area contributed by atoms with Crippen LogP contribution in [0.2, 0.25) is 0 Å². The highest BCUT2D eigenvalue weighted by molar-refractivity contribution is 5.85. The Labute approximate surface area is 189 Å². The van der Waals surface area contributed by atoms with Crippen LogP contribution in [0, 0.1) is 29.4 Å². The summed E-state index contributed by atoms with van der Waals surface area (Å²) >= 11 is 0. The minimum atomic E-state index is -4.99. The van der Waals surface area contributed by atoms with Crippen molar-refractivity contribution in [3.05, 3.63) is 76.9 Å². The van der Waals surface area contributed by atoms with Crippen LogP contribution in [0.1, 0.15) is 61.6 Å². The van der Waals surface area contributed by atoms with E-state index >= 15 is 4.39 Å². The molecule has 0 N–H and O–H groups in total. The molecule has 0 heterocycles. The van der Waals surface area contributed by atoms with E-state index in [-0.39, 0.29) is 11.1 Å². The molecule has 0 spiro atoms. The minimum Gasteiger partial charge on any atom is -0.403 e. The number of fused-ring (bicyclic) bond motifs is 1.